The van der Waals surface area contributed by atoms with Gasteiger partial charge in [-0.25, -0.2) is 4.98 Å². The monoisotopic (exact) mass is 430 g/mol. The summed E-state index contributed by atoms with van der Waals surface area (Å²) in [5, 5.41) is 2.97. The van der Waals surface area contributed by atoms with E-state index in [2.05, 4.69) is 15.3 Å². The molecule has 1 atom stereocenters. The molecule has 31 heavy (non-hydrogen) atoms. The summed E-state index contributed by atoms with van der Waals surface area (Å²) in [5.74, 6) is 0.573. The Morgan fingerprint density at radius 1 is 1.26 bits per heavy atom. The van der Waals surface area contributed by atoms with E-state index in [4.69, 9.17) is 4.42 Å². The zero-order chi connectivity index (χ0) is 22.0. The van der Waals surface area contributed by atoms with Crippen LogP contribution in [0.25, 0.3) is 11.3 Å². The van der Waals surface area contributed by atoms with Crippen molar-refractivity contribution < 1.29 is 22.4 Å². The van der Waals surface area contributed by atoms with E-state index in [9.17, 15) is 18.0 Å². The van der Waals surface area contributed by atoms with E-state index in [1.807, 2.05) is 36.1 Å². The highest BCUT2D eigenvalue weighted by molar-refractivity contribution is 5.79. The predicted molar refractivity (Wildman–Crippen MR) is 108 cm³/mol. The number of halogens is 3. The third-order valence-electron chi connectivity index (χ3n) is 5.30. The third kappa shape index (κ3) is 4.87. The number of nitrogens with zero attached hydrogens (tertiary/aromatic N) is 3. The molecule has 1 amide bonds. The van der Waals surface area contributed by atoms with Crippen LogP contribution < -0.4 is 10.2 Å². The lowest BCUT2D eigenvalue weighted by atomic mass is 10.1. The number of hydrogen-bond donors (Lipinski definition) is 1. The number of anilines is 1. The minimum atomic E-state index is -4.43. The number of carbonyl (C=O) groups is 1. The first-order chi connectivity index (χ1) is 14.8. The van der Waals surface area contributed by atoms with Gasteiger partial charge in [0.2, 0.25) is 5.91 Å². The molecule has 0 radical (unpaired) electrons. The number of carbonyl (C=O) groups excluding carboxylic acids is 1. The molecule has 3 heterocycles. The number of amides is 1. The van der Waals surface area contributed by atoms with Gasteiger partial charge in [0.15, 0.2) is 12.2 Å². The molecule has 1 fully saturated rings. The van der Waals surface area contributed by atoms with Gasteiger partial charge in [-0.2, -0.15) is 13.2 Å². The Bertz CT molecular complexity index is 1060. The molecule has 0 unspecified atom stereocenters. The van der Waals surface area contributed by atoms with E-state index in [1.54, 1.807) is 0 Å². The van der Waals surface area contributed by atoms with E-state index in [-0.39, 0.29) is 18.4 Å². The second-order valence-corrected chi connectivity index (χ2v) is 7.57. The van der Waals surface area contributed by atoms with Gasteiger partial charge in [0.25, 0.3) is 0 Å². The second-order valence-electron chi connectivity index (χ2n) is 7.57. The molecule has 0 spiro atoms. The predicted octanol–water partition coefficient (Wildman–Crippen LogP) is 4.00. The van der Waals surface area contributed by atoms with Crippen molar-refractivity contribution in [3.05, 3.63) is 65.9 Å². The maximum absolute atomic E-state index is 12.9. The van der Waals surface area contributed by atoms with Crippen LogP contribution in [0.2, 0.25) is 0 Å². The normalized spacial score (nSPS) is 16.5. The van der Waals surface area contributed by atoms with Crippen molar-refractivity contribution in [1.82, 2.24) is 15.3 Å². The molecule has 1 aliphatic heterocycles. The standard InChI is InChI=1S/C22H21F3N4O2/c1-14-21(31-13-27-14)16-4-2-15(3-5-16)8-20(30)28-18-6-7-29(12-18)19-9-17(10-26-11-19)22(23,24)25/h2-5,9-11,13,18H,6-8,12H2,1H3,(H,28,30)/t18-/m1/s1. The highest BCUT2D eigenvalue weighted by atomic mass is 19.4. The Kier molecular flexibility index (Phi) is 5.67. The van der Waals surface area contributed by atoms with Crippen LogP contribution in [0, 0.1) is 6.92 Å². The molecule has 1 aromatic carbocycles. The molecule has 1 aliphatic rings. The first-order valence-corrected chi connectivity index (χ1v) is 9.85. The Labute approximate surface area is 177 Å². The van der Waals surface area contributed by atoms with Crippen LogP contribution in [0.15, 0.2) is 53.5 Å². The number of hydrogen-bond acceptors (Lipinski definition) is 5. The van der Waals surface area contributed by atoms with Gasteiger partial charge in [0.05, 0.1) is 29.6 Å². The van der Waals surface area contributed by atoms with Gasteiger partial charge in [0, 0.05) is 30.9 Å². The van der Waals surface area contributed by atoms with Gasteiger partial charge < -0.3 is 14.6 Å². The van der Waals surface area contributed by atoms with Crippen molar-refractivity contribution in [3.8, 4) is 11.3 Å². The summed E-state index contributed by atoms with van der Waals surface area (Å²) >= 11 is 0. The Balaban J connectivity index is 1.32. The smallest absolute Gasteiger partial charge is 0.417 e. The molecule has 0 bridgehead atoms. The highest BCUT2D eigenvalue weighted by Gasteiger charge is 2.32. The first kappa shape index (κ1) is 20.9. The molecule has 4 rings (SSSR count). The van der Waals surface area contributed by atoms with Crippen molar-refractivity contribution in [3.63, 3.8) is 0 Å². The van der Waals surface area contributed by atoms with Crippen molar-refractivity contribution >= 4 is 11.6 Å². The average molecular weight is 430 g/mol. The average Bonchev–Trinajstić information content (AvgIpc) is 3.37. The van der Waals surface area contributed by atoms with E-state index >= 15 is 0 Å². The molecule has 0 saturated carbocycles. The van der Waals surface area contributed by atoms with E-state index < -0.39 is 11.7 Å². The van der Waals surface area contributed by atoms with Crippen LogP contribution in [-0.4, -0.2) is 35.0 Å². The van der Waals surface area contributed by atoms with Gasteiger partial charge in [0.1, 0.15) is 0 Å². The number of nitrogens with one attached hydrogen (secondary N) is 1. The summed E-state index contributed by atoms with van der Waals surface area (Å²) in [5.41, 5.74) is 2.18. The quantitative estimate of drug-likeness (QED) is 0.663. The largest absolute Gasteiger partial charge is 0.443 e. The van der Waals surface area contributed by atoms with Crippen LogP contribution in [0.3, 0.4) is 0 Å². The minimum Gasteiger partial charge on any atom is -0.443 e. The third-order valence-corrected chi connectivity index (χ3v) is 5.30. The summed E-state index contributed by atoms with van der Waals surface area (Å²) in [4.78, 5) is 22.0. The molecule has 1 saturated heterocycles. The fraction of sp³-hybridized carbons (Fsp3) is 0.318. The fourth-order valence-corrected chi connectivity index (χ4v) is 3.69. The van der Waals surface area contributed by atoms with Gasteiger partial charge in [-0.1, -0.05) is 24.3 Å². The number of oxazole rings is 1. The number of alkyl halides is 3. The SMILES string of the molecule is Cc1ncoc1-c1ccc(CC(=O)N[C@@H]2CCN(c3cncc(C(F)(F)F)c3)C2)cc1. The zero-order valence-corrected chi connectivity index (χ0v) is 16.8. The Hall–Kier alpha value is -3.36. The molecule has 9 heteroatoms. The maximum Gasteiger partial charge on any atom is 0.417 e. The molecule has 3 aromatic rings. The fourth-order valence-electron chi connectivity index (χ4n) is 3.69. The van der Waals surface area contributed by atoms with Gasteiger partial charge >= 0.3 is 6.18 Å². The maximum atomic E-state index is 12.9. The number of pyridine rings is 1. The van der Waals surface area contributed by atoms with Crippen LogP contribution >= 0.6 is 0 Å². The van der Waals surface area contributed by atoms with Crippen LogP contribution in [0.1, 0.15) is 23.2 Å². The topological polar surface area (TPSA) is 71.3 Å². The van der Waals surface area contributed by atoms with E-state index in [1.165, 1.54) is 12.6 Å². The number of rotatable bonds is 5. The Morgan fingerprint density at radius 3 is 2.71 bits per heavy atom. The zero-order valence-electron chi connectivity index (χ0n) is 16.8. The molecule has 6 nitrogen and oxygen atoms in total. The summed E-state index contributed by atoms with van der Waals surface area (Å²) in [6.07, 6.45) is 0.0679. The molecular formula is C22H21F3N4O2. The molecule has 162 valence electrons. The van der Waals surface area contributed by atoms with Crippen LogP contribution in [0.5, 0.6) is 0 Å². The van der Waals surface area contributed by atoms with Crippen molar-refractivity contribution in [2.75, 3.05) is 18.0 Å². The summed E-state index contributed by atoms with van der Waals surface area (Å²) in [6.45, 7) is 2.86. The van der Waals surface area contributed by atoms with Gasteiger partial charge in [-0.15, -0.1) is 0 Å². The van der Waals surface area contributed by atoms with Crippen molar-refractivity contribution in [2.24, 2.45) is 0 Å². The molecule has 1 N–H and O–H groups in total. The lowest BCUT2D eigenvalue weighted by Crippen LogP contribution is -2.38. The van der Waals surface area contributed by atoms with Crippen molar-refractivity contribution in [2.45, 2.75) is 32.0 Å². The Morgan fingerprint density at radius 2 is 2.03 bits per heavy atom. The van der Waals surface area contributed by atoms with Gasteiger partial charge in [-0.05, 0) is 25.0 Å². The molecule has 2 aromatic heterocycles. The van der Waals surface area contributed by atoms with E-state index in [0.29, 0.717) is 31.0 Å². The number of aromatic nitrogens is 2. The molecular weight excluding hydrogens is 409 g/mol. The summed E-state index contributed by atoms with van der Waals surface area (Å²) in [6, 6.07) is 8.47. The second kappa shape index (κ2) is 8.41. The van der Waals surface area contributed by atoms with Crippen molar-refractivity contribution in [1.29, 1.82) is 0 Å². The highest BCUT2D eigenvalue weighted by Crippen LogP contribution is 2.31. The summed E-state index contributed by atoms with van der Waals surface area (Å²) < 4.78 is 44.1. The van der Waals surface area contributed by atoms with Gasteiger partial charge in [-0.3, -0.25) is 9.78 Å². The lowest BCUT2D eigenvalue weighted by molar-refractivity contribution is -0.137. The summed E-state index contributed by atoms with van der Waals surface area (Å²) in [7, 11) is 0. The van der Waals surface area contributed by atoms with Crippen LogP contribution in [0.4, 0.5) is 18.9 Å². The van der Waals surface area contributed by atoms with E-state index in [0.717, 1.165) is 29.1 Å². The molecule has 0 aliphatic carbocycles. The lowest BCUT2D eigenvalue weighted by Gasteiger charge is -2.20. The minimum absolute atomic E-state index is 0.127. The number of benzene rings is 1. The van der Waals surface area contributed by atoms with Crippen LogP contribution in [-0.2, 0) is 17.4 Å². The number of aryl methyl sites for hydroxylation is 1. The first-order valence-electron chi connectivity index (χ1n) is 9.85.